The van der Waals surface area contributed by atoms with Crippen LogP contribution in [0.15, 0.2) is 47.0 Å². The number of hydrogen-bond acceptors (Lipinski definition) is 7. The van der Waals surface area contributed by atoms with Gasteiger partial charge in [0.05, 0.1) is 14.2 Å². The minimum absolute atomic E-state index is 0.0860. The maximum absolute atomic E-state index is 13.2. The number of nitrogens with one attached hydrogen (secondary N) is 1. The first-order valence-corrected chi connectivity index (χ1v) is 11.0. The minimum Gasteiger partial charge on any atom is -0.493 e. The number of rotatable bonds is 4. The maximum Gasteiger partial charge on any atom is 0.226 e. The Morgan fingerprint density at radius 2 is 1.97 bits per heavy atom. The summed E-state index contributed by atoms with van der Waals surface area (Å²) in [5.41, 5.74) is 2.49. The van der Waals surface area contributed by atoms with E-state index in [1.807, 2.05) is 34.3 Å². The lowest BCUT2D eigenvalue weighted by molar-refractivity contribution is -0.118. The fourth-order valence-corrected chi connectivity index (χ4v) is 5.23. The van der Waals surface area contributed by atoms with E-state index in [4.69, 9.17) is 19.6 Å². The number of anilines is 1. The Balaban J connectivity index is 1.63. The number of Topliss-reactive ketones (excluding diaryl/α,β-unsaturated/α-hetero) is 1. The van der Waals surface area contributed by atoms with Crippen LogP contribution in [0, 0.1) is 5.41 Å². The Kier molecular flexibility index (Phi) is 4.62. The van der Waals surface area contributed by atoms with Gasteiger partial charge in [-0.05, 0) is 41.5 Å². The molecular weight excluding hydrogens is 412 g/mol. The van der Waals surface area contributed by atoms with Gasteiger partial charge in [-0.25, -0.2) is 4.68 Å². The Morgan fingerprint density at radius 1 is 1.16 bits per heavy atom. The zero-order valence-corrected chi connectivity index (χ0v) is 18.7. The van der Waals surface area contributed by atoms with E-state index >= 15 is 0 Å². The molecule has 7 nitrogen and oxygen atoms in total. The molecule has 1 aliphatic heterocycles. The van der Waals surface area contributed by atoms with E-state index in [1.54, 1.807) is 25.6 Å². The summed E-state index contributed by atoms with van der Waals surface area (Å²) in [4.78, 5) is 19.1. The normalized spacial score (nSPS) is 19.5. The molecule has 2 aromatic heterocycles. The number of carbonyl (C=O) groups is 1. The Morgan fingerprint density at radius 3 is 2.68 bits per heavy atom. The zero-order chi connectivity index (χ0) is 21.8. The highest BCUT2D eigenvalue weighted by Crippen LogP contribution is 2.46. The summed E-state index contributed by atoms with van der Waals surface area (Å²) < 4.78 is 12.6. The molecule has 160 valence electrons. The average molecular weight is 437 g/mol. The lowest BCUT2D eigenvalue weighted by Gasteiger charge is -2.37. The van der Waals surface area contributed by atoms with Crippen LogP contribution in [-0.4, -0.2) is 34.8 Å². The molecule has 0 spiro atoms. The van der Waals surface area contributed by atoms with Gasteiger partial charge in [0.2, 0.25) is 5.95 Å². The molecule has 0 radical (unpaired) electrons. The Labute approximate surface area is 184 Å². The molecule has 1 aliphatic carbocycles. The van der Waals surface area contributed by atoms with E-state index in [1.165, 1.54) is 0 Å². The van der Waals surface area contributed by atoms with Crippen molar-refractivity contribution < 1.29 is 14.3 Å². The van der Waals surface area contributed by atoms with Crippen molar-refractivity contribution in [3.8, 4) is 22.9 Å². The summed E-state index contributed by atoms with van der Waals surface area (Å²) >= 11 is 1.63. The molecule has 1 unspecified atom stereocenters. The second kappa shape index (κ2) is 7.23. The van der Waals surface area contributed by atoms with Gasteiger partial charge in [0.1, 0.15) is 6.04 Å². The molecule has 0 saturated heterocycles. The number of thiophene rings is 1. The summed E-state index contributed by atoms with van der Waals surface area (Å²) in [5.74, 6) is 2.65. The molecule has 1 aromatic carbocycles. The van der Waals surface area contributed by atoms with Crippen LogP contribution in [0.25, 0.3) is 11.4 Å². The molecule has 0 fully saturated rings. The number of methoxy groups -OCH3 is 2. The molecule has 1 atom stereocenters. The van der Waals surface area contributed by atoms with E-state index in [-0.39, 0.29) is 17.2 Å². The molecule has 3 heterocycles. The lowest BCUT2D eigenvalue weighted by atomic mass is 9.73. The van der Waals surface area contributed by atoms with Crippen molar-refractivity contribution in [2.45, 2.75) is 32.7 Å². The molecule has 2 aliphatic rings. The molecular formula is C23H24N4O3S. The molecule has 1 N–H and O–H groups in total. The lowest BCUT2D eigenvalue weighted by Crippen LogP contribution is -2.36. The largest absolute Gasteiger partial charge is 0.493 e. The second-order valence-corrected chi connectivity index (χ2v) is 9.63. The number of ketones is 1. The van der Waals surface area contributed by atoms with Crippen LogP contribution in [0.1, 0.15) is 37.6 Å². The fourth-order valence-electron chi connectivity index (χ4n) is 4.42. The van der Waals surface area contributed by atoms with Gasteiger partial charge in [-0.2, -0.15) is 4.98 Å². The molecule has 0 amide bonds. The van der Waals surface area contributed by atoms with Crippen molar-refractivity contribution in [3.63, 3.8) is 0 Å². The van der Waals surface area contributed by atoms with Crippen molar-refractivity contribution in [2.75, 3.05) is 19.5 Å². The van der Waals surface area contributed by atoms with Crippen LogP contribution in [0.5, 0.6) is 11.5 Å². The third kappa shape index (κ3) is 3.31. The SMILES string of the molecule is COc1ccc(-c2nc3n(n2)C(c2cccs2)C2=C(CC(C)(C)CC2=O)N3)cc1OC. The first kappa shape index (κ1) is 19.8. The average Bonchev–Trinajstić information content (AvgIpc) is 3.40. The van der Waals surface area contributed by atoms with Crippen molar-refractivity contribution in [1.29, 1.82) is 0 Å². The van der Waals surface area contributed by atoms with Gasteiger partial charge < -0.3 is 14.8 Å². The van der Waals surface area contributed by atoms with Gasteiger partial charge in [-0.15, -0.1) is 16.4 Å². The first-order valence-electron chi connectivity index (χ1n) is 10.2. The number of allylic oxidation sites excluding steroid dienone is 2. The number of ether oxygens (including phenoxy) is 2. The van der Waals surface area contributed by atoms with Crippen LogP contribution < -0.4 is 14.8 Å². The first-order chi connectivity index (χ1) is 14.9. The van der Waals surface area contributed by atoms with Crippen LogP contribution in [0.3, 0.4) is 0 Å². The van der Waals surface area contributed by atoms with Gasteiger partial charge in [-0.3, -0.25) is 4.79 Å². The molecule has 0 bridgehead atoms. The quantitative estimate of drug-likeness (QED) is 0.640. The van der Waals surface area contributed by atoms with Crippen LogP contribution >= 0.6 is 11.3 Å². The molecule has 0 saturated carbocycles. The topological polar surface area (TPSA) is 78.3 Å². The molecule has 31 heavy (non-hydrogen) atoms. The van der Waals surface area contributed by atoms with E-state index in [2.05, 4.69) is 25.2 Å². The van der Waals surface area contributed by atoms with Crippen LogP contribution in [0.4, 0.5) is 5.95 Å². The van der Waals surface area contributed by atoms with Crippen molar-refractivity contribution >= 4 is 23.1 Å². The van der Waals surface area contributed by atoms with Crippen LogP contribution in [-0.2, 0) is 4.79 Å². The van der Waals surface area contributed by atoms with E-state index in [9.17, 15) is 4.79 Å². The van der Waals surface area contributed by atoms with Gasteiger partial charge in [-0.1, -0.05) is 19.9 Å². The summed E-state index contributed by atoms with van der Waals surface area (Å²) in [6.07, 6.45) is 1.33. The van der Waals surface area contributed by atoms with E-state index < -0.39 is 0 Å². The number of aromatic nitrogens is 3. The number of carbonyl (C=O) groups excluding carboxylic acids is 1. The second-order valence-electron chi connectivity index (χ2n) is 8.65. The smallest absolute Gasteiger partial charge is 0.226 e. The van der Waals surface area contributed by atoms with Gasteiger partial charge in [0.25, 0.3) is 0 Å². The summed E-state index contributed by atoms with van der Waals surface area (Å²) in [6.45, 7) is 4.26. The van der Waals surface area contributed by atoms with Crippen molar-refractivity contribution in [2.24, 2.45) is 5.41 Å². The fraction of sp³-hybridized carbons (Fsp3) is 0.348. The number of hydrogen-bond donors (Lipinski definition) is 1. The summed E-state index contributed by atoms with van der Waals surface area (Å²) in [6, 6.07) is 9.40. The van der Waals surface area contributed by atoms with Gasteiger partial charge >= 0.3 is 0 Å². The predicted molar refractivity (Wildman–Crippen MR) is 120 cm³/mol. The third-order valence-corrected chi connectivity index (χ3v) is 6.71. The molecule has 5 rings (SSSR count). The highest BCUT2D eigenvalue weighted by molar-refractivity contribution is 7.10. The van der Waals surface area contributed by atoms with E-state index in [0.29, 0.717) is 29.7 Å². The number of benzene rings is 1. The predicted octanol–water partition coefficient (Wildman–Crippen LogP) is 4.68. The molecule has 3 aromatic rings. The summed E-state index contributed by atoms with van der Waals surface area (Å²) in [5, 5.41) is 10.3. The van der Waals surface area contributed by atoms with Gasteiger partial charge in [0, 0.05) is 28.1 Å². The van der Waals surface area contributed by atoms with Crippen LogP contribution in [0.2, 0.25) is 0 Å². The molecule has 8 heteroatoms. The van der Waals surface area contributed by atoms with Crippen molar-refractivity contribution in [1.82, 2.24) is 14.8 Å². The standard InChI is InChI=1S/C23H24N4O3S/c1-23(2)11-14-19(15(28)12-23)20(18-6-5-9-31-18)27-22(24-14)25-21(26-27)13-7-8-16(29-3)17(10-13)30-4/h5-10,20H,11-12H2,1-4H3,(H,24,25,26). The van der Waals surface area contributed by atoms with Crippen molar-refractivity contribution in [3.05, 3.63) is 51.9 Å². The summed E-state index contributed by atoms with van der Waals surface area (Å²) in [7, 11) is 3.21. The number of fused-ring (bicyclic) bond motifs is 1. The maximum atomic E-state index is 13.2. The third-order valence-electron chi connectivity index (χ3n) is 5.79. The Bertz CT molecular complexity index is 1190. The number of nitrogens with zero attached hydrogens (tertiary/aromatic N) is 3. The highest BCUT2D eigenvalue weighted by atomic mass is 32.1. The Hall–Kier alpha value is -3.13. The monoisotopic (exact) mass is 436 g/mol. The zero-order valence-electron chi connectivity index (χ0n) is 17.9. The van der Waals surface area contributed by atoms with E-state index in [0.717, 1.165) is 28.1 Å². The minimum atomic E-state index is -0.267. The highest BCUT2D eigenvalue weighted by Gasteiger charge is 2.42. The van der Waals surface area contributed by atoms with Gasteiger partial charge in [0.15, 0.2) is 23.1 Å².